The molecule has 0 radical (unpaired) electrons. The zero-order chi connectivity index (χ0) is 10.5. The van der Waals surface area contributed by atoms with Crippen molar-refractivity contribution in [2.24, 2.45) is 0 Å². The van der Waals surface area contributed by atoms with E-state index in [2.05, 4.69) is 29.6 Å². The molecule has 1 nitrogen and oxygen atoms in total. The Morgan fingerprint density at radius 1 is 1.47 bits per heavy atom. The van der Waals surface area contributed by atoms with Crippen LogP contribution in [0.25, 0.3) is 0 Å². The van der Waals surface area contributed by atoms with E-state index in [4.69, 9.17) is 0 Å². The number of hydrogen-bond donors (Lipinski definition) is 1. The maximum atomic E-state index is 12.0. The molecule has 1 atom stereocenters. The lowest BCUT2D eigenvalue weighted by Gasteiger charge is -2.10. The third-order valence-corrected chi connectivity index (χ3v) is 3.68. The van der Waals surface area contributed by atoms with Crippen molar-refractivity contribution in [2.45, 2.75) is 17.2 Å². The Hall–Kier alpha value is -0.540. The highest BCUT2D eigenvalue weighted by molar-refractivity contribution is 7.99. The minimum absolute atomic E-state index is 0.250. The van der Waals surface area contributed by atoms with Gasteiger partial charge < -0.3 is 5.32 Å². The van der Waals surface area contributed by atoms with Crippen molar-refractivity contribution in [3.05, 3.63) is 29.8 Å². The van der Waals surface area contributed by atoms with Gasteiger partial charge in [0.05, 0.1) is 6.67 Å². The molecule has 1 heterocycles. The summed E-state index contributed by atoms with van der Waals surface area (Å²) < 4.78 is 12.0. The monoisotopic (exact) mass is 225 g/mol. The zero-order valence-electron chi connectivity index (χ0n) is 8.71. The van der Waals surface area contributed by atoms with Crippen molar-refractivity contribution in [3.63, 3.8) is 0 Å². The van der Waals surface area contributed by atoms with Crippen LogP contribution in [0.4, 0.5) is 4.39 Å². The van der Waals surface area contributed by atoms with E-state index in [1.54, 1.807) is 11.8 Å². The van der Waals surface area contributed by atoms with Crippen LogP contribution in [0.1, 0.15) is 17.9 Å². The van der Waals surface area contributed by atoms with Gasteiger partial charge in [0.1, 0.15) is 0 Å². The van der Waals surface area contributed by atoms with Gasteiger partial charge in [0.2, 0.25) is 0 Å². The van der Waals surface area contributed by atoms with Crippen LogP contribution >= 0.6 is 11.8 Å². The second-order valence-electron chi connectivity index (χ2n) is 3.80. The molecule has 0 aliphatic carbocycles. The molecule has 0 amide bonds. The van der Waals surface area contributed by atoms with Gasteiger partial charge in [-0.3, -0.25) is 4.39 Å². The normalized spacial score (nSPS) is 20.7. The minimum atomic E-state index is -0.250. The Morgan fingerprint density at radius 2 is 2.40 bits per heavy atom. The molecule has 2 rings (SSSR count). The van der Waals surface area contributed by atoms with Crippen LogP contribution in [0, 0.1) is 0 Å². The molecule has 0 aromatic heterocycles. The molecule has 1 unspecified atom stereocenters. The molecule has 1 aromatic rings. The van der Waals surface area contributed by atoms with Crippen LogP contribution in [0.2, 0.25) is 0 Å². The maximum Gasteiger partial charge on any atom is 0.0988 e. The first-order valence-corrected chi connectivity index (χ1v) is 6.38. The Labute approximate surface area is 94.5 Å². The average molecular weight is 225 g/mol. The summed E-state index contributed by atoms with van der Waals surface area (Å²) in [6.45, 7) is 1.95. The lowest BCUT2D eigenvalue weighted by atomic mass is 9.99. The van der Waals surface area contributed by atoms with Gasteiger partial charge in [-0.15, -0.1) is 11.8 Å². The van der Waals surface area contributed by atoms with Crippen LogP contribution in [-0.2, 0) is 0 Å². The largest absolute Gasteiger partial charge is 0.316 e. The number of hydrogen-bond acceptors (Lipinski definition) is 2. The number of alkyl halides is 1. The first-order valence-electron chi connectivity index (χ1n) is 5.39. The molecule has 1 N–H and O–H groups in total. The second-order valence-corrected chi connectivity index (χ2v) is 4.97. The van der Waals surface area contributed by atoms with E-state index >= 15 is 0 Å². The van der Waals surface area contributed by atoms with Gasteiger partial charge >= 0.3 is 0 Å². The van der Waals surface area contributed by atoms with Crippen LogP contribution in [0.15, 0.2) is 29.2 Å². The summed E-state index contributed by atoms with van der Waals surface area (Å²) in [7, 11) is 0. The number of halogens is 1. The summed E-state index contributed by atoms with van der Waals surface area (Å²) in [5.74, 6) is 1.21. The number of nitrogens with one attached hydrogen (secondary N) is 1. The van der Waals surface area contributed by atoms with E-state index in [-0.39, 0.29) is 6.67 Å². The quantitative estimate of drug-likeness (QED) is 0.791. The maximum absolute atomic E-state index is 12.0. The summed E-state index contributed by atoms with van der Waals surface area (Å²) in [6.07, 6.45) is 1.22. The van der Waals surface area contributed by atoms with Gasteiger partial charge in [0, 0.05) is 17.2 Å². The highest BCUT2D eigenvalue weighted by Crippen LogP contribution is 2.26. The summed E-state index contributed by atoms with van der Waals surface area (Å²) in [5, 5.41) is 3.37. The van der Waals surface area contributed by atoms with E-state index in [0.717, 1.165) is 13.1 Å². The Kier molecular flexibility index (Phi) is 4.03. The molecule has 82 valence electrons. The van der Waals surface area contributed by atoms with Crippen molar-refractivity contribution in [2.75, 3.05) is 25.5 Å². The Morgan fingerprint density at radius 3 is 3.13 bits per heavy atom. The standard InChI is InChI=1S/C12H16FNS/c13-5-7-15-12-3-1-2-10(8-12)11-4-6-14-9-11/h1-3,8,11,14H,4-7,9H2. The predicted molar refractivity (Wildman–Crippen MR) is 63.4 cm³/mol. The molecule has 1 aliphatic heterocycles. The Balaban J connectivity index is 2.04. The zero-order valence-corrected chi connectivity index (χ0v) is 9.52. The molecule has 15 heavy (non-hydrogen) atoms. The first kappa shape index (κ1) is 11.0. The minimum Gasteiger partial charge on any atom is -0.316 e. The van der Waals surface area contributed by atoms with Crippen molar-refractivity contribution in [1.29, 1.82) is 0 Å². The van der Waals surface area contributed by atoms with E-state index in [1.807, 2.05) is 0 Å². The van der Waals surface area contributed by atoms with Gasteiger partial charge in [-0.05, 0) is 36.6 Å². The van der Waals surface area contributed by atoms with Gasteiger partial charge in [-0.25, -0.2) is 0 Å². The first-order chi connectivity index (χ1) is 7.40. The number of rotatable bonds is 4. The molecule has 1 aliphatic rings. The highest BCUT2D eigenvalue weighted by atomic mass is 32.2. The topological polar surface area (TPSA) is 12.0 Å². The fourth-order valence-electron chi connectivity index (χ4n) is 1.95. The van der Waals surface area contributed by atoms with Crippen LogP contribution in [0.3, 0.4) is 0 Å². The van der Waals surface area contributed by atoms with Crippen molar-refractivity contribution in [3.8, 4) is 0 Å². The molecule has 0 saturated carbocycles. The fraction of sp³-hybridized carbons (Fsp3) is 0.500. The van der Waals surface area contributed by atoms with E-state index < -0.39 is 0 Å². The highest BCUT2D eigenvalue weighted by Gasteiger charge is 2.16. The van der Waals surface area contributed by atoms with Gasteiger partial charge in [0.25, 0.3) is 0 Å². The van der Waals surface area contributed by atoms with Crippen LogP contribution in [-0.4, -0.2) is 25.5 Å². The molecule has 0 bridgehead atoms. The summed E-state index contributed by atoms with van der Waals surface area (Å²) in [5.41, 5.74) is 1.39. The molecule has 1 aromatic carbocycles. The van der Waals surface area contributed by atoms with Gasteiger partial charge in [-0.2, -0.15) is 0 Å². The summed E-state index contributed by atoms with van der Waals surface area (Å²) in [6, 6.07) is 8.52. The third kappa shape index (κ3) is 2.95. The lowest BCUT2D eigenvalue weighted by Crippen LogP contribution is -2.07. The molecular weight excluding hydrogens is 209 g/mol. The molecule has 1 fully saturated rings. The van der Waals surface area contributed by atoms with Crippen molar-refractivity contribution >= 4 is 11.8 Å². The van der Waals surface area contributed by atoms with Crippen LogP contribution in [0.5, 0.6) is 0 Å². The van der Waals surface area contributed by atoms with Crippen molar-refractivity contribution < 1.29 is 4.39 Å². The molecular formula is C12H16FNS. The summed E-state index contributed by atoms with van der Waals surface area (Å²) in [4.78, 5) is 1.19. The Bertz CT molecular complexity index is 310. The molecule has 1 saturated heterocycles. The third-order valence-electron chi connectivity index (χ3n) is 2.74. The van der Waals surface area contributed by atoms with E-state index in [9.17, 15) is 4.39 Å². The SMILES string of the molecule is FCCSc1cccc(C2CCNC2)c1. The van der Waals surface area contributed by atoms with Crippen LogP contribution < -0.4 is 5.32 Å². The number of benzene rings is 1. The fourth-order valence-corrected chi connectivity index (χ4v) is 2.66. The molecule has 3 heteroatoms. The summed E-state index contributed by atoms with van der Waals surface area (Å²) >= 11 is 1.60. The predicted octanol–water partition coefficient (Wildman–Crippen LogP) is 2.83. The van der Waals surface area contributed by atoms with E-state index in [1.165, 1.54) is 16.9 Å². The van der Waals surface area contributed by atoms with Gasteiger partial charge in [-0.1, -0.05) is 12.1 Å². The lowest BCUT2D eigenvalue weighted by molar-refractivity contribution is 0.533. The van der Waals surface area contributed by atoms with Gasteiger partial charge in [0.15, 0.2) is 0 Å². The van der Waals surface area contributed by atoms with Crippen molar-refractivity contribution in [1.82, 2.24) is 5.32 Å². The molecule has 0 spiro atoms. The van der Waals surface area contributed by atoms with E-state index in [0.29, 0.717) is 11.7 Å². The smallest absolute Gasteiger partial charge is 0.0988 e. The second kappa shape index (κ2) is 5.52. The average Bonchev–Trinajstić information content (AvgIpc) is 2.80. The number of thioether (sulfide) groups is 1.